The molecule has 0 unspecified atom stereocenters. The first-order valence-electron chi connectivity index (χ1n) is 7.40. The molecular weight excluding hydrogens is 314 g/mol. The van der Waals surface area contributed by atoms with Crippen LogP contribution in [0.4, 0.5) is 11.6 Å². The zero-order valence-electron chi connectivity index (χ0n) is 13.1. The number of aryl methyl sites for hydroxylation is 1. The minimum absolute atomic E-state index is 0.0221. The van der Waals surface area contributed by atoms with Crippen LogP contribution in [0.15, 0.2) is 30.5 Å². The zero-order chi connectivity index (χ0) is 16.4. The number of rotatable bonds is 4. The molecule has 1 atom stereocenters. The number of hydrogen-bond acceptors (Lipinski definition) is 6. The van der Waals surface area contributed by atoms with Crippen molar-refractivity contribution >= 4 is 21.7 Å². The maximum Gasteiger partial charge on any atom is 0.211 e. The van der Waals surface area contributed by atoms with Crippen molar-refractivity contribution in [3.8, 4) is 0 Å². The molecule has 0 amide bonds. The van der Waals surface area contributed by atoms with Gasteiger partial charge in [-0.05, 0) is 25.5 Å². The Bertz CT molecular complexity index is 795. The highest BCUT2D eigenvalue weighted by Gasteiger charge is 2.31. The predicted octanol–water partition coefficient (Wildman–Crippen LogP) is 1.67. The molecule has 2 aromatic heterocycles. The van der Waals surface area contributed by atoms with Gasteiger partial charge in [-0.15, -0.1) is 0 Å². The van der Waals surface area contributed by atoms with E-state index in [1.165, 1.54) is 10.6 Å². The molecule has 1 fully saturated rings. The number of nitrogens with zero attached hydrogens (tertiary/aromatic N) is 4. The van der Waals surface area contributed by atoms with E-state index in [1.807, 2.05) is 31.2 Å². The van der Waals surface area contributed by atoms with Crippen LogP contribution >= 0.6 is 0 Å². The normalized spacial score (nSPS) is 19.0. The van der Waals surface area contributed by atoms with Crippen molar-refractivity contribution < 1.29 is 8.42 Å². The van der Waals surface area contributed by atoms with Crippen LogP contribution in [0.1, 0.15) is 23.9 Å². The lowest BCUT2D eigenvalue weighted by atomic mass is 10.1. The van der Waals surface area contributed by atoms with Crippen LogP contribution in [0, 0.1) is 6.92 Å². The van der Waals surface area contributed by atoms with E-state index in [1.54, 1.807) is 6.20 Å². The standard InChI is InChI=1S/C15H19N5O2S/c1-11-9-14(18-13-5-3-4-7-16-13)19-15(17-11)12-6-8-20(10-12)23(2,21)22/h3-5,7,9,12H,6,8,10H2,1-2H3,(H,16,17,18,19)/t12-/m0/s1. The summed E-state index contributed by atoms with van der Waals surface area (Å²) in [5.41, 5.74) is 0.839. The quantitative estimate of drug-likeness (QED) is 0.916. The number of anilines is 2. The van der Waals surface area contributed by atoms with Crippen molar-refractivity contribution in [2.24, 2.45) is 0 Å². The van der Waals surface area contributed by atoms with Crippen molar-refractivity contribution in [1.82, 2.24) is 19.3 Å². The van der Waals surface area contributed by atoms with Crippen LogP contribution in [-0.4, -0.2) is 47.0 Å². The fraction of sp³-hybridized carbons (Fsp3) is 0.400. The first-order chi connectivity index (χ1) is 10.9. The fourth-order valence-corrected chi connectivity index (χ4v) is 3.53. The number of sulfonamides is 1. The molecule has 0 radical (unpaired) electrons. The van der Waals surface area contributed by atoms with Gasteiger partial charge in [0.2, 0.25) is 10.0 Å². The van der Waals surface area contributed by atoms with Gasteiger partial charge in [-0.1, -0.05) is 6.07 Å². The van der Waals surface area contributed by atoms with Crippen LogP contribution < -0.4 is 5.32 Å². The van der Waals surface area contributed by atoms with Gasteiger partial charge in [0.15, 0.2) is 0 Å². The van der Waals surface area contributed by atoms with E-state index in [2.05, 4.69) is 20.3 Å². The highest BCUT2D eigenvalue weighted by atomic mass is 32.2. The van der Waals surface area contributed by atoms with Crippen LogP contribution in [0.25, 0.3) is 0 Å². The topological polar surface area (TPSA) is 88.1 Å². The second-order valence-electron chi connectivity index (χ2n) is 5.70. The molecule has 3 heterocycles. The first kappa shape index (κ1) is 15.8. The van der Waals surface area contributed by atoms with E-state index in [4.69, 9.17) is 0 Å². The number of aromatic nitrogens is 3. The molecule has 1 N–H and O–H groups in total. The largest absolute Gasteiger partial charge is 0.325 e. The molecule has 7 nitrogen and oxygen atoms in total. The van der Waals surface area contributed by atoms with Gasteiger partial charge in [0.25, 0.3) is 0 Å². The molecule has 23 heavy (non-hydrogen) atoms. The molecule has 0 spiro atoms. The van der Waals surface area contributed by atoms with Crippen molar-refractivity contribution in [3.63, 3.8) is 0 Å². The molecule has 1 aliphatic heterocycles. The minimum Gasteiger partial charge on any atom is -0.325 e. The molecule has 0 aliphatic carbocycles. The smallest absolute Gasteiger partial charge is 0.211 e. The van der Waals surface area contributed by atoms with E-state index in [9.17, 15) is 8.42 Å². The summed E-state index contributed by atoms with van der Waals surface area (Å²) < 4.78 is 24.8. The van der Waals surface area contributed by atoms with Gasteiger partial charge >= 0.3 is 0 Å². The van der Waals surface area contributed by atoms with E-state index >= 15 is 0 Å². The molecule has 0 bridgehead atoms. The van der Waals surface area contributed by atoms with Crippen LogP contribution in [0.5, 0.6) is 0 Å². The van der Waals surface area contributed by atoms with Crippen molar-refractivity contribution in [1.29, 1.82) is 0 Å². The Morgan fingerprint density at radius 2 is 2.09 bits per heavy atom. The van der Waals surface area contributed by atoms with E-state index in [0.717, 1.165) is 12.1 Å². The Labute approximate surface area is 135 Å². The van der Waals surface area contributed by atoms with Crippen molar-refractivity contribution in [2.75, 3.05) is 24.7 Å². The Morgan fingerprint density at radius 3 is 2.74 bits per heavy atom. The fourth-order valence-electron chi connectivity index (χ4n) is 2.65. The average Bonchev–Trinajstić information content (AvgIpc) is 2.97. The highest BCUT2D eigenvalue weighted by Crippen LogP contribution is 2.27. The summed E-state index contributed by atoms with van der Waals surface area (Å²) in [4.78, 5) is 13.2. The number of pyridine rings is 1. The monoisotopic (exact) mass is 333 g/mol. The Morgan fingerprint density at radius 1 is 1.26 bits per heavy atom. The SMILES string of the molecule is Cc1cc(Nc2ccccn2)nc([C@H]2CCN(S(C)(=O)=O)C2)n1. The second-order valence-corrected chi connectivity index (χ2v) is 7.68. The van der Waals surface area contributed by atoms with Gasteiger partial charge in [0, 0.05) is 37.0 Å². The van der Waals surface area contributed by atoms with Gasteiger partial charge in [0.05, 0.1) is 6.26 Å². The van der Waals surface area contributed by atoms with Crippen molar-refractivity contribution in [2.45, 2.75) is 19.3 Å². The number of hydrogen-bond donors (Lipinski definition) is 1. The second kappa shape index (κ2) is 6.21. The Hall–Kier alpha value is -2.06. The number of nitrogens with one attached hydrogen (secondary N) is 1. The van der Waals surface area contributed by atoms with E-state index < -0.39 is 10.0 Å². The van der Waals surface area contributed by atoms with Crippen LogP contribution in [-0.2, 0) is 10.0 Å². The Balaban J connectivity index is 1.81. The van der Waals surface area contributed by atoms with Gasteiger partial charge < -0.3 is 5.32 Å². The lowest BCUT2D eigenvalue weighted by Gasteiger charge is -2.14. The summed E-state index contributed by atoms with van der Waals surface area (Å²) in [5, 5.41) is 3.16. The molecule has 1 saturated heterocycles. The summed E-state index contributed by atoms with van der Waals surface area (Å²) in [7, 11) is -3.16. The predicted molar refractivity (Wildman–Crippen MR) is 88.1 cm³/mol. The van der Waals surface area contributed by atoms with Crippen molar-refractivity contribution in [3.05, 3.63) is 42.0 Å². The molecule has 122 valence electrons. The summed E-state index contributed by atoms with van der Waals surface area (Å²) in [6.07, 6.45) is 3.68. The lowest BCUT2D eigenvalue weighted by molar-refractivity contribution is 0.476. The third-order valence-electron chi connectivity index (χ3n) is 3.78. The van der Waals surface area contributed by atoms with E-state index in [-0.39, 0.29) is 5.92 Å². The molecule has 1 aliphatic rings. The average molecular weight is 333 g/mol. The third kappa shape index (κ3) is 3.83. The first-order valence-corrected chi connectivity index (χ1v) is 9.25. The highest BCUT2D eigenvalue weighted by molar-refractivity contribution is 7.88. The molecular formula is C15H19N5O2S. The van der Waals surface area contributed by atoms with E-state index in [0.29, 0.717) is 30.5 Å². The summed E-state index contributed by atoms with van der Waals surface area (Å²) in [6.45, 7) is 2.85. The summed E-state index contributed by atoms with van der Waals surface area (Å²) in [5.74, 6) is 2.08. The zero-order valence-corrected chi connectivity index (χ0v) is 13.9. The van der Waals surface area contributed by atoms with Gasteiger partial charge in [-0.2, -0.15) is 0 Å². The maximum absolute atomic E-state index is 11.6. The lowest BCUT2D eigenvalue weighted by Crippen LogP contribution is -2.27. The Kier molecular flexibility index (Phi) is 4.27. The molecule has 0 saturated carbocycles. The molecule has 2 aromatic rings. The summed E-state index contributed by atoms with van der Waals surface area (Å²) in [6, 6.07) is 7.45. The van der Waals surface area contributed by atoms with Gasteiger partial charge in [-0.3, -0.25) is 0 Å². The van der Waals surface area contributed by atoms with Crippen LogP contribution in [0.2, 0.25) is 0 Å². The van der Waals surface area contributed by atoms with Gasteiger partial charge in [0.1, 0.15) is 17.5 Å². The maximum atomic E-state index is 11.6. The molecule has 8 heteroatoms. The summed E-state index contributed by atoms with van der Waals surface area (Å²) >= 11 is 0. The van der Waals surface area contributed by atoms with Gasteiger partial charge in [-0.25, -0.2) is 27.7 Å². The van der Waals surface area contributed by atoms with Crippen LogP contribution in [0.3, 0.4) is 0 Å². The minimum atomic E-state index is -3.16. The molecule has 0 aromatic carbocycles. The third-order valence-corrected chi connectivity index (χ3v) is 5.05. The molecule has 3 rings (SSSR count).